The minimum Gasteiger partial charge on any atom is -0.355 e. The van der Waals surface area contributed by atoms with Crippen LogP contribution in [0.5, 0.6) is 0 Å². The SMILES string of the molecule is CN(NC(=O)C1CCN(C2=NS(=O)(=O)c3ccccc32)CC1)c1ccccc1. The lowest BCUT2D eigenvalue weighted by molar-refractivity contribution is -0.126. The molecule has 2 aromatic carbocycles. The molecule has 1 fully saturated rings. The number of hydrogen-bond acceptors (Lipinski definition) is 5. The fraction of sp³-hybridized carbons (Fsp3) is 0.300. The molecular weight excluding hydrogens is 376 g/mol. The first kappa shape index (κ1) is 18.5. The number of rotatable bonds is 3. The number of para-hydroxylation sites is 1. The minimum atomic E-state index is -3.62. The van der Waals surface area contributed by atoms with Crippen LogP contribution in [-0.4, -0.2) is 45.2 Å². The molecule has 0 aliphatic carbocycles. The first-order valence-corrected chi connectivity index (χ1v) is 10.7. The van der Waals surface area contributed by atoms with Gasteiger partial charge in [-0.3, -0.25) is 15.2 Å². The van der Waals surface area contributed by atoms with Gasteiger partial charge < -0.3 is 4.90 Å². The molecule has 146 valence electrons. The smallest absolute Gasteiger partial charge is 0.285 e. The van der Waals surface area contributed by atoms with Gasteiger partial charge in [-0.25, -0.2) is 0 Å². The number of benzene rings is 2. The van der Waals surface area contributed by atoms with Crippen molar-refractivity contribution in [2.24, 2.45) is 10.3 Å². The van der Waals surface area contributed by atoms with Crippen LogP contribution in [-0.2, 0) is 14.8 Å². The second-order valence-corrected chi connectivity index (χ2v) is 8.59. The van der Waals surface area contributed by atoms with Crippen LogP contribution in [0.1, 0.15) is 18.4 Å². The Morgan fingerprint density at radius 1 is 1.07 bits per heavy atom. The third-order valence-electron chi connectivity index (χ3n) is 5.20. The molecule has 0 radical (unpaired) electrons. The number of carbonyl (C=O) groups is 1. The highest BCUT2D eigenvalue weighted by molar-refractivity contribution is 7.90. The van der Waals surface area contributed by atoms with E-state index in [9.17, 15) is 13.2 Å². The zero-order valence-corrected chi connectivity index (χ0v) is 16.4. The van der Waals surface area contributed by atoms with E-state index in [1.165, 1.54) is 0 Å². The molecule has 0 aromatic heterocycles. The number of hydrogen-bond donors (Lipinski definition) is 1. The van der Waals surface area contributed by atoms with Gasteiger partial charge in [-0.1, -0.05) is 30.3 Å². The van der Waals surface area contributed by atoms with E-state index in [4.69, 9.17) is 0 Å². The summed E-state index contributed by atoms with van der Waals surface area (Å²) in [4.78, 5) is 14.8. The predicted molar refractivity (Wildman–Crippen MR) is 107 cm³/mol. The van der Waals surface area contributed by atoms with Crippen molar-refractivity contribution in [2.75, 3.05) is 25.1 Å². The van der Waals surface area contributed by atoms with Crippen molar-refractivity contribution in [3.05, 3.63) is 60.2 Å². The number of hydrazine groups is 1. The molecule has 2 aromatic rings. The molecular formula is C20H22N4O3S. The number of amides is 1. The van der Waals surface area contributed by atoms with E-state index in [1.54, 1.807) is 23.2 Å². The normalized spacial score (nSPS) is 18.3. The Hall–Kier alpha value is -2.87. The molecule has 1 N–H and O–H groups in total. The van der Waals surface area contributed by atoms with Crippen LogP contribution >= 0.6 is 0 Å². The summed E-state index contributed by atoms with van der Waals surface area (Å²) in [5, 5.41) is 1.72. The zero-order chi connectivity index (χ0) is 19.7. The molecule has 0 spiro atoms. The molecule has 4 rings (SSSR count). The van der Waals surface area contributed by atoms with Gasteiger partial charge in [0.2, 0.25) is 5.91 Å². The number of piperidine rings is 1. The molecule has 2 aliphatic rings. The molecule has 8 heteroatoms. The Kier molecular flexibility index (Phi) is 4.80. The van der Waals surface area contributed by atoms with Gasteiger partial charge in [0.25, 0.3) is 10.0 Å². The highest BCUT2D eigenvalue weighted by Gasteiger charge is 2.34. The molecule has 2 heterocycles. The van der Waals surface area contributed by atoms with E-state index in [2.05, 4.69) is 9.82 Å². The fourth-order valence-corrected chi connectivity index (χ4v) is 4.87. The molecule has 0 unspecified atom stereocenters. The van der Waals surface area contributed by atoms with Gasteiger partial charge in [-0.15, -0.1) is 4.40 Å². The zero-order valence-electron chi connectivity index (χ0n) is 15.6. The summed E-state index contributed by atoms with van der Waals surface area (Å²) < 4.78 is 28.5. The van der Waals surface area contributed by atoms with Gasteiger partial charge in [0.05, 0.1) is 5.69 Å². The molecule has 28 heavy (non-hydrogen) atoms. The van der Waals surface area contributed by atoms with Gasteiger partial charge in [0.15, 0.2) is 5.84 Å². The summed E-state index contributed by atoms with van der Waals surface area (Å²) in [6.45, 7) is 1.19. The predicted octanol–water partition coefficient (Wildman–Crippen LogP) is 2.02. The molecule has 0 bridgehead atoms. The van der Waals surface area contributed by atoms with Crippen LogP contribution in [0, 0.1) is 5.92 Å². The second kappa shape index (κ2) is 7.27. The average Bonchev–Trinajstić information content (AvgIpc) is 3.00. The van der Waals surface area contributed by atoms with Crippen molar-refractivity contribution >= 4 is 27.5 Å². The largest absolute Gasteiger partial charge is 0.355 e. The molecule has 0 saturated carbocycles. The average molecular weight is 398 g/mol. The van der Waals surface area contributed by atoms with Gasteiger partial charge in [-0.2, -0.15) is 8.42 Å². The monoisotopic (exact) mass is 398 g/mol. The van der Waals surface area contributed by atoms with Crippen LogP contribution in [0.15, 0.2) is 63.9 Å². The third-order valence-corrected chi connectivity index (χ3v) is 6.52. The maximum absolute atomic E-state index is 12.6. The summed E-state index contributed by atoms with van der Waals surface area (Å²) in [7, 11) is -1.80. The third kappa shape index (κ3) is 3.47. The lowest BCUT2D eigenvalue weighted by atomic mass is 9.95. The van der Waals surface area contributed by atoms with E-state index in [0.29, 0.717) is 37.3 Å². The first-order valence-electron chi connectivity index (χ1n) is 9.24. The summed E-state index contributed by atoms with van der Waals surface area (Å²) in [6, 6.07) is 16.5. The molecule has 7 nitrogen and oxygen atoms in total. The van der Waals surface area contributed by atoms with E-state index in [0.717, 1.165) is 5.69 Å². The Labute approximate surface area is 164 Å². The molecule has 2 aliphatic heterocycles. The van der Waals surface area contributed by atoms with E-state index in [1.807, 2.05) is 48.3 Å². The highest BCUT2D eigenvalue weighted by atomic mass is 32.2. The van der Waals surface area contributed by atoms with Gasteiger partial charge in [-0.05, 0) is 37.1 Å². The van der Waals surface area contributed by atoms with Gasteiger partial charge >= 0.3 is 0 Å². The Morgan fingerprint density at radius 2 is 1.71 bits per heavy atom. The highest BCUT2D eigenvalue weighted by Crippen LogP contribution is 2.29. The quantitative estimate of drug-likeness (QED) is 0.800. The van der Waals surface area contributed by atoms with Crippen molar-refractivity contribution in [1.82, 2.24) is 10.3 Å². The topological polar surface area (TPSA) is 82.1 Å². The molecule has 1 saturated heterocycles. The van der Waals surface area contributed by atoms with Crippen LogP contribution in [0.4, 0.5) is 5.69 Å². The Bertz CT molecular complexity index is 1010. The maximum atomic E-state index is 12.6. The van der Waals surface area contributed by atoms with Gasteiger partial charge in [0, 0.05) is 31.6 Å². The fourth-order valence-electron chi connectivity index (χ4n) is 3.64. The Balaban J connectivity index is 1.40. The summed E-state index contributed by atoms with van der Waals surface area (Å²) in [6.07, 6.45) is 1.30. The summed E-state index contributed by atoms with van der Waals surface area (Å²) in [5.41, 5.74) is 4.49. The van der Waals surface area contributed by atoms with Crippen molar-refractivity contribution in [3.63, 3.8) is 0 Å². The number of nitrogens with zero attached hydrogens (tertiary/aromatic N) is 3. The first-order chi connectivity index (χ1) is 13.5. The number of carbonyl (C=O) groups excluding carboxylic acids is 1. The summed E-state index contributed by atoms with van der Waals surface area (Å²) >= 11 is 0. The van der Waals surface area contributed by atoms with Crippen LogP contribution in [0.3, 0.4) is 0 Å². The maximum Gasteiger partial charge on any atom is 0.285 e. The standard InChI is InChI=1S/C20H22N4O3S/c1-23(16-7-3-2-4-8-16)21-20(25)15-11-13-24(14-12-15)19-17-9-5-6-10-18(17)28(26,27)22-19/h2-10,15H,11-14H2,1H3,(H,21,25). The van der Waals surface area contributed by atoms with Crippen molar-refractivity contribution in [3.8, 4) is 0 Å². The number of amidine groups is 1. The van der Waals surface area contributed by atoms with E-state index >= 15 is 0 Å². The summed E-state index contributed by atoms with van der Waals surface area (Å²) in [5.74, 6) is 0.361. The number of fused-ring (bicyclic) bond motifs is 1. The van der Waals surface area contributed by atoms with Crippen molar-refractivity contribution in [2.45, 2.75) is 17.7 Å². The number of nitrogens with one attached hydrogen (secondary N) is 1. The second-order valence-electron chi connectivity index (χ2n) is 7.02. The van der Waals surface area contributed by atoms with E-state index in [-0.39, 0.29) is 16.7 Å². The van der Waals surface area contributed by atoms with Crippen LogP contribution in [0.2, 0.25) is 0 Å². The lowest BCUT2D eigenvalue weighted by Crippen LogP contribution is -2.47. The minimum absolute atomic E-state index is 0.0209. The van der Waals surface area contributed by atoms with E-state index < -0.39 is 10.0 Å². The van der Waals surface area contributed by atoms with Crippen LogP contribution < -0.4 is 10.4 Å². The molecule has 0 atom stereocenters. The number of likely N-dealkylation sites (tertiary alicyclic amines) is 1. The number of sulfonamides is 1. The van der Waals surface area contributed by atoms with Crippen molar-refractivity contribution in [1.29, 1.82) is 0 Å². The lowest BCUT2D eigenvalue weighted by Gasteiger charge is -2.33. The Morgan fingerprint density at radius 3 is 2.43 bits per heavy atom. The van der Waals surface area contributed by atoms with Gasteiger partial charge in [0.1, 0.15) is 4.90 Å². The molecule has 1 amide bonds. The number of anilines is 1. The van der Waals surface area contributed by atoms with Crippen LogP contribution in [0.25, 0.3) is 0 Å². The van der Waals surface area contributed by atoms with Crippen molar-refractivity contribution < 1.29 is 13.2 Å².